The van der Waals surface area contributed by atoms with Crippen molar-refractivity contribution in [2.45, 2.75) is 218 Å². The third kappa shape index (κ3) is 21.0. The number of methoxy groups -OCH3 is 2. The van der Waals surface area contributed by atoms with E-state index in [-0.39, 0.29) is 36.7 Å². The number of carbonyl (C=O) groups is 10. The smallest absolute Gasteiger partial charge is 0.408 e. The Kier molecular flexibility index (Phi) is 26.0. The lowest BCUT2D eigenvalue weighted by atomic mass is 9.94. The summed E-state index contributed by atoms with van der Waals surface area (Å²) in [5, 5.41) is 16.9. The average molecular weight is 1140 g/mol. The Morgan fingerprint density at radius 2 is 0.812 bits per heavy atom. The second kappa shape index (κ2) is 30.3. The van der Waals surface area contributed by atoms with E-state index in [2.05, 4.69) is 31.9 Å². The highest BCUT2D eigenvalue weighted by molar-refractivity contribution is 5.99. The first-order valence-electron chi connectivity index (χ1n) is 28.5. The number of rotatable bonds is 22. The standard InChI is InChI=1S/2C28H49N5O7/c2*1-18(2)16-19(24(36)39-8)29-25(37)28(13-9-10-14-28)31-22(34)21-12-11-15-33(21)23(35)20(17-32(6)7)30-26(38)40-27(3,4)5/h2*18-21H,9-17H2,1-8H3,(H,29,37)(H,30,38)(H,31,34)/t2*19-,20-,21+/m00/s1. The van der Waals surface area contributed by atoms with Gasteiger partial charge in [0.05, 0.1) is 14.2 Å². The molecule has 8 amide bonds. The molecule has 80 heavy (non-hydrogen) atoms. The number of hydrogen-bond acceptors (Lipinski definition) is 16. The molecule has 0 bridgehead atoms. The van der Waals surface area contributed by atoms with Crippen molar-refractivity contribution in [1.82, 2.24) is 51.5 Å². The van der Waals surface area contributed by atoms with Gasteiger partial charge in [-0.05, 0) is 146 Å². The van der Waals surface area contributed by atoms with E-state index in [0.717, 1.165) is 25.7 Å². The molecule has 0 aromatic rings. The van der Waals surface area contributed by atoms with Crippen LogP contribution in [0.15, 0.2) is 0 Å². The third-order valence-electron chi connectivity index (χ3n) is 14.3. The molecule has 2 saturated heterocycles. The molecule has 456 valence electrons. The Morgan fingerprint density at radius 3 is 1.07 bits per heavy atom. The van der Waals surface area contributed by atoms with Crippen LogP contribution < -0.4 is 31.9 Å². The normalized spacial score (nSPS) is 20.1. The number of alkyl carbamates (subject to hydrolysis) is 2. The van der Waals surface area contributed by atoms with Crippen LogP contribution in [0.5, 0.6) is 0 Å². The molecule has 2 heterocycles. The Hall–Kier alpha value is -5.78. The van der Waals surface area contributed by atoms with Crippen molar-refractivity contribution >= 4 is 59.6 Å². The second-order valence-corrected chi connectivity index (χ2v) is 25.2. The predicted molar refractivity (Wildman–Crippen MR) is 298 cm³/mol. The van der Waals surface area contributed by atoms with Gasteiger partial charge in [0.2, 0.25) is 35.4 Å². The number of carbonyl (C=O) groups excluding carboxylic acids is 10. The van der Waals surface area contributed by atoms with Crippen molar-refractivity contribution in [3.63, 3.8) is 0 Å². The number of nitrogens with one attached hydrogen (secondary N) is 6. The highest BCUT2D eigenvalue weighted by Gasteiger charge is 2.49. The van der Waals surface area contributed by atoms with Gasteiger partial charge in [-0.2, -0.15) is 0 Å². The van der Waals surface area contributed by atoms with E-state index in [1.165, 1.54) is 24.0 Å². The first kappa shape index (κ1) is 68.5. The fraction of sp³-hybridized carbons (Fsp3) is 0.821. The van der Waals surface area contributed by atoms with Gasteiger partial charge in [-0.1, -0.05) is 53.4 Å². The van der Waals surface area contributed by atoms with Crippen molar-refractivity contribution in [1.29, 1.82) is 0 Å². The van der Waals surface area contributed by atoms with Crippen LogP contribution in [-0.2, 0) is 57.3 Å². The molecular formula is C56H98N10O14. The number of hydrogen-bond donors (Lipinski definition) is 6. The molecule has 4 fully saturated rings. The van der Waals surface area contributed by atoms with Crippen LogP contribution >= 0.6 is 0 Å². The largest absolute Gasteiger partial charge is 0.467 e. The molecule has 24 heteroatoms. The molecule has 4 aliphatic rings. The van der Waals surface area contributed by atoms with Crippen LogP contribution in [-0.4, -0.2) is 206 Å². The minimum Gasteiger partial charge on any atom is -0.467 e. The van der Waals surface area contributed by atoms with Gasteiger partial charge in [0.25, 0.3) is 0 Å². The Morgan fingerprint density at radius 1 is 0.500 bits per heavy atom. The maximum absolute atomic E-state index is 13.6. The second-order valence-electron chi connectivity index (χ2n) is 25.2. The van der Waals surface area contributed by atoms with Gasteiger partial charge in [0.15, 0.2) is 0 Å². The Labute approximate surface area is 474 Å². The summed E-state index contributed by atoms with van der Waals surface area (Å²) >= 11 is 0. The van der Waals surface area contributed by atoms with E-state index in [1.54, 1.807) is 79.5 Å². The van der Waals surface area contributed by atoms with E-state index in [9.17, 15) is 47.9 Å². The van der Waals surface area contributed by atoms with Crippen LogP contribution in [0.25, 0.3) is 0 Å². The summed E-state index contributed by atoms with van der Waals surface area (Å²) in [7, 11) is 9.70. The molecule has 6 N–H and O–H groups in total. The molecule has 2 aliphatic heterocycles. The van der Waals surface area contributed by atoms with Gasteiger partial charge in [-0.25, -0.2) is 19.2 Å². The molecule has 0 spiro atoms. The van der Waals surface area contributed by atoms with Gasteiger partial charge >= 0.3 is 24.1 Å². The molecule has 4 rings (SSSR count). The molecule has 0 unspecified atom stereocenters. The highest BCUT2D eigenvalue weighted by atomic mass is 16.6. The minimum atomic E-state index is -1.17. The fourth-order valence-electron chi connectivity index (χ4n) is 10.7. The number of likely N-dealkylation sites (N-methyl/N-ethyl adjacent to an activating group) is 2. The van der Waals surface area contributed by atoms with E-state index < -0.39 is 106 Å². The molecule has 2 saturated carbocycles. The Bertz CT molecular complexity index is 2000. The molecule has 6 atom stereocenters. The first-order chi connectivity index (χ1) is 37.2. The summed E-state index contributed by atoms with van der Waals surface area (Å²) in [5.41, 5.74) is -3.81. The van der Waals surface area contributed by atoms with Gasteiger partial charge in [0.1, 0.15) is 58.5 Å². The molecule has 0 aromatic heterocycles. The monoisotopic (exact) mass is 1130 g/mol. The summed E-state index contributed by atoms with van der Waals surface area (Å²) in [4.78, 5) is 138. The number of ether oxygens (including phenoxy) is 4. The van der Waals surface area contributed by atoms with Gasteiger partial charge in [-0.3, -0.25) is 28.8 Å². The quantitative estimate of drug-likeness (QED) is 0.0671. The van der Waals surface area contributed by atoms with Crippen LogP contribution in [0.4, 0.5) is 9.59 Å². The zero-order valence-electron chi connectivity index (χ0n) is 50.9. The SMILES string of the molecule is COC(=O)[C@H](CC(C)C)NC(=O)C1(NC(=O)[C@H]2CCCN2C(=O)[C@H](CN(C)C)NC(=O)OC(C)(C)C)CCCC1.COC(=O)[C@H](CC(C)C)NC(=O)C1(NC(=O)[C@H]2CCCN2C(=O)[C@H](CN(C)C)NC(=O)OC(C)(C)C)CCCC1. The maximum atomic E-state index is 13.6. The van der Waals surface area contributed by atoms with Crippen molar-refractivity contribution in [2.75, 3.05) is 68.6 Å². The van der Waals surface area contributed by atoms with Crippen molar-refractivity contribution in [2.24, 2.45) is 11.8 Å². The number of amides is 8. The predicted octanol–water partition coefficient (Wildman–Crippen LogP) is 3.13. The highest BCUT2D eigenvalue weighted by Crippen LogP contribution is 2.33. The van der Waals surface area contributed by atoms with Gasteiger partial charge < -0.3 is 70.4 Å². The lowest BCUT2D eigenvalue weighted by Crippen LogP contribution is -2.63. The van der Waals surface area contributed by atoms with Crippen LogP contribution in [0, 0.1) is 11.8 Å². The van der Waals surface area contributed by atoms with Crippen molar-refractivity contribution < 1.29 is 66.9 Å². The zero-order valence-corrected chi connectivity index (χ0v) is 50.9. The summed E-state index contributed by atoms with van der Waals surface area (Å²) in [6, 6.07) is -5.04. The minimum absolute atomic E-state index is 0.140. The molecule has 2 aliphatic carbocycles. The molecule has 0 radical (unpaired) electrons. The number of likely N-dealkylation sites (tertiary alicyclic amines) is 2. The third-order valence-corrected chi connectivity index (χ3v) is 14.3. The van der Waals surface area contributed by atoms with Crippen LogP contribution in [0.1, 0.15) is 159 Å². The summed E-state index contributed by atoms with van der Waals surface area (Å²) in [6.45, 7) is 19.4. The average Bonchev–Trinajstić information content (AvgIpc) is 4.19. The van der Waals surface area contributed by atoms with E-state index >= 15 is 0 Å². The molecule has 24 nitrogen and oxygen atoms in total. The summed E-state index contributed by atoms with van der Waals surface area (Å²) < 4.78 is 20.5. The Balaban J connectivity index is 0.000000420. The molecular weight excluding hydrogens is 1040 g/mol. The lowest BCUT2D eigenvalue weighted by molar-refractivity contribution is -0.147. The summed E-state index contributed by atoms with van der Waals surface area (Å²) in [6.07, 6.45) is 6.23. The lowest BCUT2D eigenvalue weighted by Gasteiger charge is -2.34. The number of esters is 2. The summed E-state index contributed by atoms with van der Waals surface area (Å²) in [5.74, 6) is -3.21. The fourth-order valence-corrected chi connectivity index (χ4v) is 10.7. The zero-order chi connectivity index (χ0) is 60.5. The van der Waals surface area contributed by atoms with Crippen molar-refractivity contribution in [3.05, 3.63) is 0 Å². The van der Waals surface area contributed by atoms with Crippen LogP contribution in [0.2, 0.25) is 0 Å². The van der Waals surface area contributed by atoms with Crippen LogP contribution in [0.3, 0.4) is 0 Å². The maximum Gasteiger partial charge on any atom is 0.408 e. The first-order valence-corrected chi connectivity index (χ1v) is 28.5. The number of nitrogens with zero attached hydrogens (tertiary/aromatic N) is 4. The van der Waals surface area contributed by atoms with E-state index in [4.69, 9.17) is 18.9 Å². The topological polar surface area (TPSA) is 293 Å². The van der Waals surface area contributed by atoms with E-state index in [0.29, 0.717) is 77.3 Å². The van der Waals surface area contributed by atoms with Gasteiger partial charge in [-0.15, -0.1) is 0 Å². The molecule has 0 aromatic carbocycles. The van der Waals surface area contributed by atoms with Crippen molar-refractivity contribution in [3.8, 4) is 0 Å². The van der Waals surface area contributed by atoms with E-state index in [1.807, 2.05) is 27.7 Å². The van der Waals surface area contributed by atoms with Gasteiger partial charge in [0, 0.05) is 26.2 Å².